The number of aromatic nitrogens is 3. The highest BCUT2D eigenvalue weighted by atomic mass is 19.1. The van der Waals surface area contributed by atoms with Gasteiger partial charge in [0.05, 0.1) is 34.2 Å². The van der Waals surface area contributed by atoms with Gasteiger partial charge in [-0.1, -0.05) is 12.1 Å². The number of rotatable bonds is 5. The van der Waals surface area contributed by atoms with E-state index >= 15 is 0 Å². The molecular formula is C23H24FN7O2. The molecule has 0 spiro atoms. The minimum atomic E-state index is -1.10. The summed E-state index contributed by atoms with van der Waals surface area (Å²) in [6, 6.07) is 7.46. The third kappa shape index (κ3) is 3.77. The van der Waals surface area contributed by atoms with Gasteiger partial charge in [0, 0.05) is 57.3 Å². The van der Waals surface area contributed by atoms with Crippen LogP contribution in [0.2, 0.25) is 0 Å². The Bertz CT molecular complexity index is 1270. The fourth-order valence-electron chi connectivity index (χ4n) is 4.20. The number of alkyl halides is 1. The van der Waals surface area contributed by atoms with E-state index in [0.29, 0.717) is 17.8 Å². The molecule has 10 heteroatoms. The lowest BCUT2D eigenvalue weighted by Gasteiger charge is -2.29. The highest BCUT2D eigenvalue weighted by molar-refractivity contribution is 6.02. The predicted octanol–water partition coefficient (Wildman–Crippen LogP) is 2.83. The molecule has 33 heavy (non-hydrogen) atoms. The summed E-state index contributed by atoms with van der Waals surface area (Å²) in [7, 11) is 5.44. The van der Waals surface area contributed by atoms with Crippen molar-refractivity contribution in [1.29, 1.82) is 0 Å². The van der Waals surface area contributed by atoms with Crippen LogP contribution in [0.15, 0.2) is 36.7 Å². The van der Waals surface area contributed by atoms with Gasteiger partial charge in [-0.05, 0) is 12.5 Å². The number of nitrogens with zero attached hydrogens (tertiary/aromatic N) is 4. The Morgan fingerprint density at radius 3 is 2.73 bits per heavy atom. The summed E-state index contributed by atoms with van der Waals surface area (Å²) in [5.74, 6) is -1.11. The van der Waals surface area contributed by atoms with E-state index in [4.69, 9.17) is 0 Å². The summed E-state index contributed by atoms with van der Waals surface area (Å²) in [5, 5.41) is 13.2. The van der Waals surface area contributed by atoms with Crippen LogP contribution >= 0.6 is 0 Å². The quantitative estimate of drug-likeness (QED) is 0.553. The van der Waals surface area contributed by atoms with Gasteiger partial charge in [-0.15, -0.1) is 0 Å². The summed E-state index contributed by atoms with van der Waals surface area (Å²) in [6.07, 6.45) is 2.53. The molecule has 2 aromatic heterocycles. The van der Waals surface area contributed by atoms with Gasteiger partial charge in [0.15, 0.2) is 0 Å². The van der Waals surface area contributed by atoms with Crippen LogP contribution in [0.5, 0.6) is 0 Å². The van der Waals surface area contributed by atoms with Gasteiger partial charge in [-0.3, -0.25) is 14.3 Å². The van der Waals surface area contributed by atoms with E-state index < -0.39 is 18.0 Å². The maximum absolute atomic E-state index is 13.3. The molecule has 0 saturated heterocycles. The van der Waals surface area contributed by atoms with E-state index in [9.17, 15) is 14.0 Å². The fourth-order valence-corrected chi connectivity index (χ4v) is 4.20. The van der Waals surface area contributed by atoms with Crippen molar-refractivity contribution in [2.75, 3.05) is 29.6 Å². The summed E-state index contributed by atoms with van der Waals surface area (Å²) in [4.78, 5) is 31.0. The predicted molar refractivity (Wildman–Crippen MR) is 123 cm³/mol. The summed E-state index contributed by atoms with van der Waals surface area (Å²) >= 11 is 0. The lowest BCUT2D eigenvalue weighted by Crippen LogP contribution is -2.23. The number of anilines is 4. The molecule has 2 aliphatic rings. The molecule has 1 fully saturated rings. The zero-order chi connectivity index (χ0) is 23.3. The number of carbonyl (C=O) groups is 2. The summed E-state index contributed by atoms with van der Waals surface area (Å²) < 4.78 is 15.1. The zero-order valence-electron chi connectivity index (χ0n) is 18.5. The van der Waals surface area contributed by atoms with Crippen LogP contribution in [0.1, 0.15) is 22.3 Å². The molecule has 0 bridgehead atoms. The Morgan fingerprint density at radius 2 is 2.00 bits per heavy atom. The molecular weight excluding hydrogens is 425 g/mol. The number of para-hydroxylation sites is 1. The second kappa shape index (κ2) is 7.88. The van der Waals surface area contributed by atoms with Crippen molar-refractivity contribution < 1.29 is 14.0 Å². The molecule has 3 heterocycles. The largest absolute Gasteiger partial charge is 0.368 e. The molecule has 170 valence electrons. The smallest absolute Gasteiger partial charge is 0.254 e. The van der Waals surface area contributed by atoms with Crippen LogP contribution < -0.4 is 20.9 Å². The van der Waals surface area contributed by atoms with Crippen molar-refractivity contribution in [3.8, 4) is 11.3 Å². The van der Waals surface area contributed by atoms with Gasteiger partial charge in [0.1, 0.15) is 12.0 Å². The van der Waals surface area contributed by atoms with E-state index in [1.54, 1.807) is 10.7 Å². The minimum Gasteiger partial charge on any atom is -0.368 e. The van der Waals surface area contributed by atoms with E-state index in [1.165, 1.54) is 13.2 Å². The number of benzene rings is 1. The maximum Gasteiger partial charge on any atom is 0.254 e. The average molecular weight is 449 g/mol. The van der Waals surface area contributed by atoms with Crippen LogP contribution in [0.3, 0.4) is 0 Å². The Morgan fingerprint density at radius 1 is 1.21 bits per heavy atom. The molecule has 9 nitrogen and oxygen atoms in total. The molecule has 3 aromatic rings. The summed E-state index contributed by atoms with van der Waals surface area (Å²) in [6.45, 7) is 0.695. The number of carbonyl (C=O) groups excluding carboxylic acids is 2. The third-order valence-electron chi connectivity index (χ3n) is 5.93. The summed E-state index contributed by atoms with van der Waals surface area (Å²) in [5.41, 5.74) is 5.57. The van der Waals surface area contributed by atoms with Crippen LogP contribution in [-0.2, 0) is 18.4 Å². The molecule has 1 aliphatic carbocycles. The first-order chi connectivity index (χ1) is 15.9. The van der Waals surface area contributed by atoms with Gasteiger partial charge >= 0.3 is 0 Å². The van der Waals surface area contributed by atoms with Crippen LogP contribution in [0.25, 0.3) is 11.3 Å². The molecule has 2 atom stereocenters. The number of hydrogen-bond acceptors (Lipinski definition) is 6. The van der Waals surface area contributed by atoms with Gasteiger partial charge in [-0.2, -0.15) is 5.10 Å². The van der Waals surface area contributed by atoms with Crippen molar-refractivity contribution in [2.45, 2.75) is 19.1 Å². The van der Waals surface area contributed by atoms with Crippen LogP contribution in [0, 0.1) is 5.92 Å². The highest BCUT2D eigenvalue weighted by Crippen LogP contribution is 2.43. The number of hydrogen-bond donors (Lipinski definition) is 3. The number of halogens is 1. The Hall–Kier alpha value is -3.95. The lowest BCUT2D eigenvalue weighted by molar-refractivity contribution is -0.117. The number of fused-ring (bicyclic) bond motifs is 3. The SMILES string of the molecule is CNC(=O)c1cnc(NC(=O)[C@@H]2C[C@H]2F)cc1Nc1cccc2c1N(C)Cc1cn(C)nc1-2. The Balaban J connectivity index is 1.53. The van der Waals surface area contributed by atoms with E-state index in [1.807, 2.05) is 38.5 Å². The van der Waals surface area contributed by atoms with Crippen molar-refractivity contribution in [3.05, 3.63) is 47.8 Å². The topological polar surface area (TPSA) is 104 Å². The zero-order valence-corrected chi connectivity index (χ0v) is 18.5. The molecule has 5 rings (SSSR count). The highest BCUT2D eigenvalue weighted by Gasteiger charge is 2.43. The van der Waals surface area contributed by atoms with Crippen molar-refractivity contribution in [3.63, 3.8) is 0 Å². The second-order valence-electron chi connectivity index (χ2n) is 8.40. The van der Waals surface area contributed by atoms with Crippen LogP contribution in [-0.4, -0.2) is 46.8 Å². The van der Waals surface area contributed by atoms with Gasteiger partial charge < -0.3 is 20.9 Å². The molecule has 1 aromatic carbocycles. The van der Waals surface area contributed by atoms with Crippen molar-refractivity contribution in [1.82, 2.24) is 20.1 Å². The second-order valence-corrected chi connectivity index (χ2v) is 8.40. The number of nitrogens with one attached hydrogen (secondary N) is 3. The minimum absolute atomic E-state index is 0.227. The average Bonchev–Trinajstić information content (AvgIpc) is 3.41. The normalized spacial score (nSPS) is 18.2. The number of aryl methyl sites for hydroxylation is 1. The molecule has 2 amide bonds. The fraction of sp³-hybridized carbons (Fsp3) is 0.304. The maximum atomic E-state index is 13.3. The Labute approximate surface area is 190 Å². The number of pyridine rings is 1. The molecule has 0 unspecified atom stereocenters. The number of amides is 2. The van der Waals surface area contributed by atoms with Gasteiger partial charge in [0.2, 0.25) is 5.91 Å². The van der Waals surface area contributed by atoms with E-state index in [-0.39, 0.29) is 18.1 Å². The first-order valence-electron chi connectivity index (χ1n) is 10.7. The Kier molecular flexibility index (Phi) is 4.99. The first kappa shape index (κ1) is 20.9. The molecule has 1 saturated carbocycles. The van der Waals surface area contributed by atoms with Crippen LogP contribution in [0.4, 0.5) is 27.3 Å². The molecule has 1 aliphatic heterocycles. The molecule has 0 radical (unpaired) electrons. The molecule has 3 N–H and O–H groups in total. The van der Waals surface area contributed by atoms with Gasteiger partial charge in [0.25, 0.3) is 5.91 Å². The van der Waals surface area contributed by atoms with E-state index in [0.717, 1.165) is 28.2 Å². The van der Waals surface area contributed by atoms with Gasteiger partial charge in [-0.25, -0.2) is 9.37 Å². The monoisotopic (exact) mass is 449 g/mol. The lowest BCUT2D eigenvalue weighted by atomic mass is 9.99. The third-order valence-corrected chi connectivity index (χ3v) is 5.93. The van der Waals surface area contributed by atoms with Crippen molar-refractivity contribution in [2.24, 2.45) is 13.0 Å². The first-order valence-corrected chi connectivity index (χ1v) is 10.7. The van der Waals surface area contributed by atoms with E-state index in [2.05, 4.69) is 30.9 Å². The standard InChI is InChI=1S/C23H24FN7O2/c1-25-22(32)15-9-26-19(28-23(33)14-7-16(14)24)8-18(15)27-17-6-4-5-13-20-12(11-31(3)29-20)10-30(2)21(13)17/h4-6,8-9,11,14,16H,7,10H2,1-3H3,(H,25,32)(H2,26,27,28,33)/t14-,16-/m1/s1. The van der Waals surface area contributed by atoms with Crippen molar-refractivity contribution >= 4 is 34.7 Å².